The third-order valence-corrected chi connectivity index (χ3v) is 12.1. The molecule has 3 rings (SSSR count). The zero-order valence-corrected chi connectivity index (χ0v) is 22.6. The molecule has 1 aliphatic rings. The van der Waals surface area contributed by atoms with Gasteiger partial charge in [-0.05, 0) is 67.4 Å². The number of rotatable bonds is 11. The highest BCUT2D eigenvalue weighted by molar-refractivity contribution is 6.74. The summed E-state index contributed by atoms with van der Waals surface area (Å²) in [6, 6.07) is 22.0. The van der Waals surface area contributed by atoms with Crippen molar-refractivity contribution in [2.75, 3.05) is 19.8 Å². The Balaban J connectivity index is 1.59. The van der Waals surface area contributed by atoms with Gasteiger partial charge in [0, 0.05) is 25.8 Å². The van der Waals surface area contributed by atoms with E-state index in [1.54, 1.807) is 0 Å². The number of hydrogen-bond acceptors (Lipinski definition) is 3. The van der Waals surface area contributed by atoms with Crippen molar-refractivity contribution in [1.82, 2.24) is 4.90 Å². The molecule has 3 nitrogen and oxygen atoms in total. The molecule has 0 radical (unpaired) electrons. The zero-order chi connectivity index (χ0) is 23.7. The Morgan fingerprint density at radius 1 is 0.939 bits per heavy atom. The van der Waals surface area contributed by atoms with Crippen molar-refractivity contribution in [3.63, 3.8) is 0 Å². The average molecular weight is 468 g/mol. The molecule has 33 heavy (non-hydrogen) atoms. The van der Waals surface area contributed by atoms with E-state index >= 15 is 0 Å². The molecular formula is C29H45NO2Si. The van der Waals surface area contributed by atoms with E-state index in [1.807, 2.05) is 0 Å². The van der Waals surface area contributed by atoms with Gasteiger partial charge in [0.25, 0.3) is 0 Å². The van der Waals surface area contributed by atoms with Gasteiger partial charge in [0.1, 0.15) is 0 Å². The molecule has 0 bridgehead atoms. The van der Waals surface area contributed by atoms with Crippen LogP contribution in [0, 0.1) is 5.92 Å². The van der Waals surface area contributed by atoms with Gasteiger partial charge in [0.15, 0.2) is 8.32 Å². The van der Waals surface area contributed by atoms with E-state index in [0.717, 1.165) is 26.2 Å². The largest absolute Gasteiger partial charge is 0.416 e. The molecule has 0 amide bonds. The fraction of sp³-hybridized carbons (Fsp3) is 0.586. The summed E-state index contributed by atoms with van der Waals surface area (Å²) in [7, 11) is -1.74. The van der Waals surface area contributed by atoms with Gasteiger partial charge in [0.2, 0.25) is 0 Å². The highest BCUT2D eigenvalue weighted by atomic mass is 28.4. The van der Waals surface area contributed by atoms with E-state index in [2.05, 4.69) is 99.4 Å². The Kier molecular flexibility index (Phi) is 9.75. The summed E-state index contributed by atoms with van der Waals surface area (Å²) in [5.41, 5.74) is 2.66. The van der Waals surface area contributed by atoms with Crippen molar-refractivity contribution in [2.45, 2.75) is 83.8 Å². The maximum Gasteiger partial charge on any atom is 0.191 e. The summed E-state index contributed by atoms with van der Waals surface area (Å²) in [4.78, 5) is 2.72. The Labute approximate surface area is 203 Å². The van der Waals surface area contributed by atoms with Crippen LogP contribution in [0.5, 0.6) is 0 Å². The Hall–Kier alpha value is -1.46. The van der Waals surface area contributed by atoms with E-state index in [-0.39, 0.29) is 5.04 Å². The first kappa shape index (κ1) is 26.1. The lowest BCUT2D eigenvalue weighted by Gasteiger charge is -2.44. The normalized spacial score (nSPS) is 20.2. The minimum Gasteiger partial charge on any atom is -0.416 e. The monoisotopic (exact) mass is 467 g/mol. The van der Waals surface area contributed by atoms with E-state index < -0.39 is 8.32 Å². The van der Waals surface area contributed by atoms with Gasteiger partial charge in [-0.2, -0.15) is 0 Å². The van der Waals surface area contributed by atoms with Crippen LogP contribution < -0.4 is 0 Å². The van der Waals surface area contributed by atoms with E-state index in [1.165, 1.54) is 36.9 Å². The molecule has 2 aromatic rings. The fourth-order valence-electron chi connectivity index (χ4n) is 4.53. The second-order valence-corrected chi connectivity index (χ2v) is 16.0. The van der Waals surface area contributed by atoms with Crippen molar-refractivity contribution in [1.29, 1.82) is 0 Å². The molecule has 0 aliphatic carbocycles. The lowest BCUT2D eigenvalue weighted by Crippen LogP contribution is -2.49. The molecule has 182 valence electrons. The molecule has 0 saturated carbocycles. The van der Waals surface area contributed by atoms with Gasteiger partial charge in [-0.25, -0.2) is 0 Å². The lowest BCUT2D eigenvalue weighted by molar-refractivity contribution is 0.0381. The summed E-state index contributed by atoms with van der Waals surface area (Å²) in [6.07, 6.45) is 4.81. The maximum atomic E-state index is 6.73. The van der Waals surface area contributed by atoms with Crippen LogP contribution in [0.1, 0.15) is 57.6 Å². The molecule has 2 atom stereocenters. The van der Waals surface area contributed by atoms with Gasteiger partial charge in [0.05, 0.1) is 6.61 Å². The number of piperidine rings is 1. The molecule has 0 unspecified atom stereocenters. The Bertz CT molecular complexity index is 803. The van der Waals surface area contributed by atoms with Crippen LogP contribution in [-0.2, 0) is 22.3 Å². The average Bonchev–Trinajstić information content (AvgIpc) is 2.79. The van der Waals surface area contributed by atoms with Crippen LogP contribution in [0.25, 0.3) is 0 Å². The lowest BCUT2D eigenvalue weighted by atomic mass is 9.86. The van der Waals surface area contributed by atoms with Gasteiger partial charge in [-0.1, -0.05) is 81.4 Å². The summed E-state index contributed by atoms with van der Waals surface area (Å²) in [5, 5.41) is 0.256. The zero-order valence-electron chi connectivity index (χ0n) is 21.6. The molecule has 1 saturated heterocycles. The Morgan fingerprint density at radius 3 is 2.21 bits per heavy atom. The third-order valence-electron chi connectivity index (χ3n) is 7.63. The molecule has 0 N–H and O–H groups in total. The van der Waals surface area contributed by atoms with Crippen LogP contribution in [0.4, 0.5) is 0 Å². The highest BCUT2D eigenvalue weighted by Gasteiger charge is 2.39. The predicted molar refractivity (Wildman–Crippen MR) is 142 cm³/mol. The van der Waals surface area contributed by atoms with E-state index in [0.29, 0.717) is 18.6 Å². The Morgan fingerprint density at radius 2 is 1.58 bits per heavy atom. The summed E-state index contributed by atoms with van der Waals surface area (Å²) in [5.74, 6) is 0.603. The first-order valence-corrected chi connectivity index (χ1v) is 15.7. The topological polar surface area (TPSA) is 21.7 Å². The van der Waals surface area contributed by atoms with Crippen LogP contribution in [0.3, 0.4) is 0 Å². The predicted octanol–water partition coefficient (Wildman–Crippen LogP) is 7.29. The second-order valence-electron chi connectivity index (χ2n) is 11.2. The standard InChI is InChI=1S/C29H45NO2Si/c1-29(2,3)33(4,5)32-24-27-18-12-20-30(22-25-14-8-6-9-15-25)28(27)19-13-21-31-23-26-16-10-7-11-17-26/h6-11,14-17,27-28H,12-13,18-24H2,1-5H3/t27-,28+/m0/s1. The SMILES string of the molecule is CC(C)(C)[Si](C)(C)OC[C@@H]1CCCN(Cc2ccccc2)[C@@H]1CCCOCc1ccccc1. The van der Waals surface area contributed by atoms with Crippen LogP contribution in [-0.4, -0.2) is 39.0 Å². The van der Waals surface area contributed by atoms with Crippen molar-refractivity contribution >= 4 is 8.32 Å². The molecule has 4 heteroatoms. The molecule has 1 heterocycles. The third kappa shape index (κ3) is 8.06. The van der Waals surface area contributed by atoms with Gasteiger partial charge in [-0.3, -0.25) is 4.90 Å². The first-order chi connectivity index (χ1) is 15.8. The van der Waals surface area contributed by atoms with Crippen molar-refractivity contribution in [2.24, 2.45) is 5.92 Å². The maximum absolute atomic E-state index is 6.73. The number of likely N-dealkylation sites (tertiary alicyclic amines) is 1. The smallest absolute Gasteiger partial charge is 0.191 e. The van der Waals surface area contributed by atoms with Crippen LogP contribution >= 0.6 is 0 Å². The van der Waals surface area contributed by atoms with E-state index in [9.17, 15) is 0 Å². The number of benzene rings is 2. The summed E-state index contributed by atoms with van der Waals surface area (Å²) < 4.78 is 12.7. The molecule has 1 aliphatic heterocycles. The number of ether oxygens (including phenoxy) is 1. The van der Waals surface area contributed by atoms with Gasteiger partial charge in [-0.15, -0.1) is 0 Å². The van der Waals surface area contributed by atoms with Crippen LogP contribution in [0.2, 0.25) is 18.1 Å². The second kappa shape index (κ2) is 12.3. The summed E-state index contributed by atoms with van der Waals surface area (Å²) >= 11 is 0. The number of nitrogens with zero attached hydrogens (tertiary/aromatic N) is 1. The first-order valence-electron chi connectivity index (χ1n) is 12.8. The number of hydrogen-bond donors (Lipinski definition) is 0. The molecular weight excluding hydrogens is 422 g/mol. The van der Waals surface area contributed by atoms with Crippen molar-refractivity contribution < 1.29 is 9.16 Å². The van der Waals surface area contributed by atoms with Crippen LogP contribution in [0.15, 0.2) is 60.7 Å². The van der Waals surface area contributed by atoms with Gasteiger partial charge < -0.3 is 9.16 Å². The molecule has 2 aromatic carbocycles. The molecule has 0 aromatic heterocycles. The highest BCUT2D eigenvalue weighted by Crippen LogP contribution is 2.38. The fourth-order valence-corrected chi connectivity index (χ4v) is 5.59. The minimum atomic E-state index is -1.74. The van der Waals surface area contributed by atoms with Crippen molar-refractivity contribution in [3.8, 4) is 0 Å². The molecule has 0 spiro atoms. The quantitative estimate of drug-likeness (QED) is 0.256. The summed E-state index contributed by atoms with van der Waals surface area (Å²) in [6.45, 7) is 16.4. The van der Waals surface area contributed by atoms with E-state index in [4.69, 9.17) is 9.16 Å². The molecule has 1 fully saturated rings. The minimum absolute atomic E-state index is 0.256. The van der Waals surface area contributed by atoms with Crippen molar-refractivity contribution in [3.05, 3.63) is 71.8 Å². The van der Waals surface area contributed by atoms with Gasteiger partial charge >= 0.3 is 0 Å².